The Morgan fingerprint density at radius 3 is 2.71 bits per heavy atom. The Morgan fingerprint density at radius 2 is 2.36 bits per heavy atom. The van der Waals surface area contributed by atoms with Crippen LogP contribution in [0.1, 0.15) is 26.2 Å². The zero-order valence-corrected chi connectivity index (χ0v) is 8.42. The first-order chi connectivity index (χ1) is 6.54. The second-order valence-electron chi connectivity index (χ2n) is 4.23. The van der Waals surface area contributed by atoms with Gasteiger partial charge in [-0.05, 0) is 19.3 Å². The van der Waals surface area contributed by atoms with Crippen molar-refractivity contribution in [3.63, 3.8) is 0 Å². The Kier molecular flexibility index (Phi) is 2.77. The molecule has 1 rings (SSSR count). The zero-order chi connectivity index (χ0) is 10.8. The summed E-state index contributed by atoms with van der Waals surface area (Å²) in [5.74, 6) is -0.130. The van der Waals surface area contributed by atoms with Crippen LogP contribution in [0.5, 0.6) is 0 Å². The van der Waals surface area contributed by atoms with E-state index < -0.39 is 10.8 Å². The molecular formula is C11H15NO2. The fourth-order valence-electron chi connectivity index (χ4n) is 2.04. The molecule has 1 N–H and O–H groups in total. The normalized spacial score (nSPS) is 36.8. The van der Waals surface area contributed by atoms with E-state index in [9.17, 15) is 4.79 Å². The summed E-state index contributed by atoms with van der Waals surface area (Å²) >= 11 is 0. The number of nitrogens with zero attached hydrogens (tertiary/aromatic N) is 1. The van der Waals surface area contributed by atoms with E-state index in [1.807, 2.05) is 0 Å². The molecule has 1 saturated carbocycles. The number of Topliss-reactive ketones (excluding diaryl/α,β-unsaturated/α-hetero) is 1. The van der Waals surface area contributed by atoms with Gasteiger partial charge in [0.25, 0.3) is 0 Å². The Labute approximate surface area is 84.0 Å². The largest absolute Gasteiger partial charge is 0.395 e. The molecule has 1 aliphatic carbocycles. The van der Waals surface area contributed by atoms with Crippen molar-refractivity contribution in [1.29, 1.82) is 5.26 Å². The number of carbonyl (C=O) groups is 1. The summed E-state index contributed by atoms with van der Waals surface area (Å²) in [6.45, 7) is 5.10. The molecule has 0 aromatic carbocycles. The fraction of sp³-hybridized carbons (Fsp3) is 0.636. The molecule has 0 saturated heterocycles. The van der Waals surface area contributed by atoms with Gasteiger partial charge in [0.2, 0.25) is 0 Å². The summed E-state index contributed by atoms with van der Waals surface area (Å²) < 4.78 is 0. The standard InChI is InChI=1S/C11H15NO2/c1-3-4-11(7-12)6-5-10(2,8-13)9(11)14/h3,13H,1,4-6,8H2,2H3. The lowest BCUT2D eigenvalue weighted by Gasteiger charge is -2.22. The average Bonchev–Trinajstić information content (AvgIpc) is 2.45. The smallest absolute Gasteiger partial charge is 0.161 e. The fourth-order valence-corrected chi connectivity index (χ4v) is 2.04. The summed E-state index contributed by atoms with van der Waals surface area (Å²) in [4.78, 5) is 12.0. The van der Waals surface area contributed by atoms with Gasteiger partial charge in [0, 0.05) is 0 Å². The Bertz CT molecular complexity index is 305. The van der Waals surface area contributed by atoms with Gasteiger partial charge < -0.3 is 5.11 Å². The highest BCUT2D eigenvalue weighted by molar-refractivity contribution is 5.94. The van der Waals surface area contributed by atoms with Gasteiger partial charge in [-0.15, -0.1) is 6.58 Å². The Morgan fingerprint density at radius 1 is 1.71 bits per heavy atom. The predicted molar refractivity (Wildman–Crippen MR) is 52.3 cm³/mol. The van der Waals surface area contributed by atoms with Gasteiger partial charge in [-0.3, -0.25) is 4.79 Å². The topological polar surface area (TPSA) is 61.1 Å². The van der Waals surface area contributed by atoms with E-state index in [2.05, 4.69) is 12.6 Å². The lowest BCUT2D eigenvalue weighted by molar-refractivity contribution is -0.132. The van der Waals surface area contributed by atoms with Crippen molar-refractivity contribution >= 4 is 5.78 Å². The molecule has 0 aromatic rings. The van der Waals surface area contributed by atoms with Crippen LogP contribution >= 0.6 is 0 Å². The molecule has 1 aliphatic rings. The van der Waals surface area contributed by atoms with Crippen LogP contribution in [-0.2, 0) is 4.79 Å². The molecule has 0 spiro atoms. The van der Waals surface area contributed by atoms with Crippen molar-refractivity contribution in [3.8, 4) is 6.07 Å². The first-order valence-electron chi connectivity index (χ1n) is 4.72. The minimum Gasteiger partial charge on any atom is -0.395 e. The molecule has 76 valence electrons. The van der Waals surface area contributed by atoms with E-state index in [0.717, 1.165) is 0 Å². The van der Waals surface area contributed by atoms with E-state index in [0.29, 0.717) is 19.3 Å². The number of hydrogen-bond acceptors (Lipinski definition) is 3. The molecule has 0 bridgehead atoms. The van der Waals surface area contributed by atoms with Crippen LogP contribution in [0.4, 0.5) is 0 Å². The summed E-state index contributed by atoms with van der Waals surface area (Å²) in [5.41, 5.74) is -1.65. The van der Waals surface area contributed by atoms with E-state index in [-0.39, 0.29) is 12.4 Å². The minimum atomic E-state index is -0.931. The number of nitriles is 1. The van der Waals surface area contributed by atoms with Gasteiger partial charge in [0.1, 0.15) is 5.41 Å². The molecule has 0 radical (unpaired) electrons. The maximum absolute atomic E-state index is 12.0. The number of ketones is 1. The molecule has 2 atom stereocenters. The molecule has 0 heterocycles. The average molecular weight is 193 g/mol. The highest BCUT2D eigenvalue weighted by Crippen LogP contribution is 2.47. The minimum absolute atomic E-state index is 0.130. The van der Waals surface area contributed by atoms with Crippen molar-refractivity contribution in [1.82, 2.24) is 0 Å². The lowest BCUT2D eigenvalue weighted by Crippen LogP contribution is -2.35. The van der Waals surface area contributed by atoms with Crippen molar-refractivity contribution < 1.29 is 9.90 Å². The van der Waals surface area contributed by atoms with Crippen LogP contribution in [0.3, 0.4) is 0 Å². The number of aliphatic hydroxyl groups excluding tert-OH is 1. The van der Waals surface area contributed by atoms with E-state index in [1.54, 1.807) is 13.0 Å². The monoisotopic (exact) mass is 193 g/mol. The number of hydrogen-bond donors (Lipinski definition) is 1. The van der Waals surface area contributed by atoms with Crippen LogP contribution in [0, 0.1) is 22.2 Å². The number of rotatable bonds is 3. The van der Waals surface area contributed by atoms with E-state index in [1.165, 1.54) is 0 Å². The third-order valence-electron chi connectivity index (χ3n) is 3.14. The number of allylic oxidation sites excluding steroid dienone is 1. The van der Waals surface area contributed by atoms with Gasteiger partial charge in [-0.25, -0.2) is 0 Å². The SMILES string of the molecule is C=CCC1(C#N)CCC(C)(CO)C1=O. The van der Waals surface area contributed by atoms with Crippen molar-refractivity contribution in [2.24, 2.45) is 10.8 Å². The maximum atomic E-state index is 12.0. The summed E-state index contributed by atoms with van der Waals surface area (Å²) in [5, 5.41) is 18.2. The van der Waals surface area contributed by atoms with Gasteiger partial charge in [-0.2, -0.15) is 5.26 Å². The first-order valence-corrected chi connectivity index (χ1v) is 4.72. The molecular weight excluding hydrogens is 178 g/mol. The second-order valence-corrected chi connectivity index (χ2v) is 4.23. The third-order valence-corrected chi connectivity index (χ3v) is 3.14. The van der Waals surface area contributed by atoms with Gasteiger partial charge in [-0.1, -0.05) is 13.0 Å². The van der Waals surface area contributed by atoms with Crippen LogP contribution < -0.4 is 0 Å². The molecule has 14 heavy (non-hydrogen) atoms. The van der Waals surface area contributed by atoms with Crippen molar-refractivity contribution in [3.05, 3.63) is 12.7 Å². The summed E-state index contributed by atoms with van der Waals surface area (Å²) in [6.07, 6.45) is 3.11. The maximum Gasteiger partial charge on any atom is 0.161 e. The molecule has 0 aromatic heterocycles. The molecule has 3 heteroatoms. The quantitative estimate of drug-likeness (QED) is 0.690. The van der Waals surface area contributed by atoms with Gasteiger partial charge in [0.05, 0.1) is 18.1 Å². The van der Waals surface area contributed by atoms with Crippen LogP contribution in [0.2, 0.25) is 0 Å². The molecule has 3 nitrogen and oxygen atoms in total. The van der Waals surface area contributed by atoms with Crippen LogP contribution in [0.15, 0.2) is 12.7 Å². The zero-order valence-electron chi connectivity index (χ0n) is 8.42. The molecule has 0 aliphatic heterocycles. The van der Waals surface area contributed by atoms with Gasteiger partial charge in [0.15, 0.2) is 5.78 Å². The number of carbonyl (C=O) groups excluding carboxylic acids is 1. The van der Waals surface area contributed by atoms with E-state index >= 15 is 0 Å². The summed E-state index contributed by atoms with van der Waals surface area (Å²) in [6, 6.07) is 2.09. The predicted octanol–water partition coefficient (Wildman–Crippen LogP) is 1.43. The lowest BCUT2D eigenvalue weighted by atomic mass is 9.78. The molecule has 2 unspecified atom stereocenters. The Balaban J connectivity index is 3.01. The first kappa shape index (κ1) is 10.9. The second kappa shape index (κ2) is 3.55. The molecule has 1 fully saturated rings. The highest BCUT2D eigenvalue weighted by Gasteiger charge is 2.53. The molecule has 0 amide bonds. The van der Waals surface area contributed by atoms with Crippen molar-refractivity contribution in [2.75, 3.05) is 6.61 Å². The van der Waals surface area contributed by atoms with Gasteiger partial charge >= 0.3 is 0 Å². The highest BCUT2D eigenvalue weighted by atomic mass is 16.3. The number of aliphatic hydroxyl groups is 1. The van der Waals surface area contributed by atoms with Crippen LogP contribution in [0.25, 0.3) is 0 Å². The van der Waals surface area contributed by atoms with E-state index in [4.69, 9.17) is 10.4 Å². The third kappa shape index (κ3) is 1.36. The summed E-state index contributed by atoms with van der Waals surface area (Å²) in [7, 11) is 0. The van der Waals surface area contributed by atoms with Crippen molar-refractivity contribution in [2.45, 2.75) is 26.2 Å². The Hall–Kier alpha value is -1.14. The van der Waals surface area contributed by atoms with Crippen LogP contribution in [-0.4, -0.2) is 17.5 Å².